The predicted molar refractivity (Wildman–Crippen MR) is 109 cm³/mol. The van der Waals surface area contributed by atoms with E-state index in [0.717, 1.165) is 54.8 Å². The molecule has 4 rings (SSSR count). The molecular weight excluding hydrogens is 338 g/mol. The smallest absolute Gasteiger partial charge is 0.317 e. The van der Waals surface area contributed by atoms with E-state index in [4.69, 9.17) is 4.98 Å². The number of carbonyl (C=O) groups is 1. The number of hydrogen-bond acceptors (Lipinski definition) is 3. The van der Waals surface area contributed by atoms with Crippen molar-refractivity contribution < 1.29 is 4.79 Å². The van der Waals surface area contributed by atoms with Crippen molar-refractivity contribution >= 4 is 28.4 Å². The molecule has 1 atom stereocenters. The van der Waals surface area contributed by atoms with Crippen LogP contribution in [0.15, 0.2) is 42.6 Å². The first-order valence-corrected chi connectivity index (χ1v) is 9.83. The van der Waals surface area contributed by atoms with Crippen LogP contribution in [0.1, 0.15) is 26.7 Å². The maximum absolute atomic E-state index is 12.5. The molecule has 6 heteroatoms. The molecule has 3 aromatic rings. The fourth-order valence-corrected chi connectivity index (χ4v) is 3.68. The highest BCUT2D eigenvalue weighted by molar-refractivity contribution is 5.85. The standard InChI is InChI=1S/C21H27N5O/c1-3-16(2)22-21(27)25-12-7-11-24(14-15-25)20-19-10-6-13-26(19)18-9-5-4-8-17(18)23-20/h4-6,8-10,13,16H,3,7,11-12,14-15H2,1-2H3,(H,22,27). The van der Waals surface area contributed by atoms with Crippen LogP contribution in [0.4, 0.5) is 10.6 Å². The Kier molecular flexibility index (Phi) is 4.88. The van der Waals surface area contributed by atoms with E-state index in [1.165, 1.54) is 0 Å². The number of amides is 2. The number of benzene rings is 1. The van der Waals surface area contributed by atoms with Crippen molar-refractivity contribution in [2.24, 2.45) is 0 Å². The quantitative estimate of drug-likeness (QED) is 0.773. The lowest BCUT2D eigenvalue weighted by Gasteiger charge is -2.25. The molecule has 1 N–H and O–H groups in total. The van der Waals surface area contributed by atoms with E-state index in [9.17, 15) is 4.79 Å². The number of fused-ring (bicyclic) bond motifs is 3. The number of carbonyl (C=O) groups excluding carboxylic acids is 1. The Bertz CT molecular complexity index is 950. The zero-order valence-electron chi connectivity index (χ0n) is 16.1. The minimum atomic E-state index is 0.0468. The minimum Gasteiger partial charge on any atom is -0.353 e. The van der Waals surface area contributed by atoms with Crippen molar-refractivity contribution in [1.29, 1.82) is 0 Å². The number of para-hydroxylation sites is 2. The number of rotatable bonds is 3. The Balaban J connectivity index is 1.59. The van der Waals surface area contributed by atoms with Gasteiger partial charge in [0.1, 0.15) is 0 Å². The highest BCUT2D eigenvalue weighted by Crippen LogP contribution is 2.26. The molecule has 2 amide bonds. The van der Waals surface area contributed by atoms with Crippen LogP contribution < -0.4 is 10.2 Å². The molecule has 6 nitrogen and oxygen atoms in total. The summed E-state index contributed by atoms with van der Waals surface area (Å²) in [5.41, 5.74) is 3.23. The third kappa shape index (κ3) is 3.44. The summed E-state index contributed by atoms with van der Waals surface area (Å²) in [4.78, 5) is 21.7. The van der Waals surface area contributed by atoms with E-state index in [1.54, 1.807) is 0 Å². The maximum Gasteiger partial charge on any atom is 0.317 e. The van der Waals surface area contributed by atoms with Gasteiger partial charge in [0.05, 0.1) is 16.6 Å². The van der Waals surface area contributed by atoms with E-state index >= 15 is 0 Å². The first-order chi connectivity index (χ1) is 13.2. The van der Waals surface area contributed by atoms with Crippen molar-refractivity contribution in [2.75, 3.05) is 31.1 Å². The summed E-state index contributed by atoms with van der Waals surface area (Å²) in [6.07, 6.45) is 3.97. The first-order valence-electron chi connectivity index (χ1n) is 9.83. The van der Waals surface area contributed by atoms with E-state index in [-0.39, 0.29) is 12.1 Å². The number of aromatic nitrogens is 2. The highest BCUT2D eigenvalue weighted by Gasteiger charge is 2.22. The maximum atomic E-state index is 12.5. The van der Waals surface area contributed by atoms with Gasteiger partial charge in [0, 0.05) is 38.4 Å². The summed E-state index contributed by atoms with van der Waals surface area (Å²) in [7, 11) is 0. The highest BCUT2D eigenvalue weighted by atomic mass is 16.2. The molecule has 0 radical (unpaired) electrons. The number of nitrogens with zero attached hydrogens (tertiary/aromatic N) is 4. The van der Waals surface area contributed by atoms with Gasteiger partial charge >= 0.3 is 6.03 Å². The molecule has 1 saturated heterocycles. The molecule has 1 aliphatic rings. The van der Waals surface area contributed by atoms with Gasteiger partial charge in [-0.1, -0.05) is 19.1 Å². The fraction of sp³-hybridized carbons (Fsp3) is 0.429. The van der Waals surface area contributed by atoms with Crippen molar-refractivity contribution in [1.82, 2.24) is 19.6 Å². The lowest BCUT2D eigenvalue weighted by molar-refractivity contribution is 0.198. The van der Waals surface area contributed by atoms with Crippen LogP contribution in [-0.2, 0) is 0 Å². The second kappa shape index (κ2) is 7.47. The molecule has 1 unspecified atom stereocenters. The van der Waals surface area contributed by atoms with Crippen LogP contribution in [0.25, 0.3) is 16.6 Å². The molecule has 3 heterocycles. The average molecular weight is 365 g/mol. The molecule has 1 aromatic carbocycles. The number of anilines is 1. The fourth-order valence-electron chi connectivity index (χ4n) is 3.68. The van der Waals surface area contributed by atoms with Gasteiger partial charge in [-0.15, -0.1) is 0 Å². The lowest BCUT2D eigenvalue weighted by Crippen LogP contribution is -2.45. The Labute approximate surface area is 159 Å². The minimum absolute atomic E-state index is 0.0468. The molecule has 142 valence electrons. The van der Waals surface area contributed by atoms with Gasteiger partial charge in [0.15, 0.2) is 5.82 Å². The zero-order valence-corrected chi connectivity index (χ0v) is 16.1. The summed E-state index contributed by atoms with van der Waals surface area (Å²) < 4.78 is 2.20. The summed E-state index contributed by atoms with van der Waals surface area (Å²) in [6, 6.07) is 12.7. The topological polar surface area (TPSA) is 52.9 Å². The van der Waals surface area contributed by atoms with Gasteiger partial charge < -0.3 is 19.5 Å². The second-order valence-corrected chi connectivity index (χ2v) is 7.27. The SMILES string of the molecule is CCC(C)NC(=O)N1CCCN(c2nc3ccccc3n3cccc23)CC1. The molecular formula is C21H27N5O. The average Bonchev–Trinajstić information content (AvgIpc) is 3.05. The van der Waals surface area contributed by atoms with E-state index in [2.05, 4.69) is 52.0 Å². The van der Waals surface area contributed by atoms with Crippen LogP contribution in [-0.4, -0.2) is 52.5 Å². The monoisotopic (exact) mass is 365 g/mol. The number of nitrogens with one attached hydrogen (secondary N) is 1. The van der Waals surface area contributed by atoms with Crippen molar-refractivity contribution in [3.05, 3.63) is 42.6 Å². The van der Waals surface area contributed by atoms with Gasteiger partial charge in [0.25, 0.3) is 0 Å². The van der Waals surface area contributed by atoms with Gasteiger partial charge in [-0.3, -0.25) is 0 Å². The summed E-state index contributed by atoms with van der Waals surface area (Å²) >= 11 is 0. The third-order valence-corrected chi connectivity index (χ3v) is 5.41. The zero-order chi connectivity index (χ0) is 18.8. The summed E-state index contributed by atoms with van der Waals surface area (Å²) in [5.74, 6) is 1.00. The van der Waals surface area contributed by atoms with Gasteiger partial charge in [0.2, 0.25) is 0 Å². The van der Waals surface area contributed by atoms with Crippen LogP contribution in [0, 0.1) is 0 Å². The molecule has 2 aromatic heterocycles. The Hall–Kier alpha value is -2.76. The Morgan fingerprint density at radius 1 is 1.11 bits per heavy atom. The summed E-state index contributed by atoms with van der Waals surface area (Å²) in [5, 5.41) is 3.08. The van der Waals surface area contributed by atoms with E-state index in [0.29, 0.717) is 6.54 Å². The van der Waals surface area contributed by atoms with Gasteiger partial charge in [-0.25, -0.2) is 9.78 Å². The van der Waals surface area contributed by atoms with Crippen LogP contribution in [0.3, 0.4) is 0 Å². The largest absolute Gasteiger partial charge is 0.353 e. The van der Waals surface area contributed by atoms with Crippen LogP contribution >= 0.6 is 0 Å². The van der Waals surface area contributed by atoms with Crippen molar-refractivity contribution in [3.63, 3.8) is 0 Å². The second-order valence-electron chi connectivity index (χ2n) is 7.27. The number of hydrogen-bond donors (Lipinski definition) is 1. The molecule has 0 saturated carbocycles. The first kappa shape index (κ1) is 17.6. The normalized spacial score (nSPS) is 16.5. The summed E-state index contributed by atoms with van der Waals surface area (Å²) in [6.45, 7) is 7.32. The van der Waals surface area contributed by atoms with Gasteiger partial charge in [-0.2, -0.15) is 0 Å². The van der Waals surface area contributed by atoms with Gasteiger partial charge in [-0.05, 0) is 44.0 Å². The van der Waals surface area contributed by atoms with Crippen LogP contribution in [0.5, 0.6) is 0 Å². The molecule has 0 spiro atoms. The molecule has 0 bridgehead atoms. The van der Waals surface area contributed by atoms with E-state index < -0.39 is 0 Å². The van der Waals surface area contributed by atoms with Crippen molar-refractivity contribution in [3.8, 4) is 0 Å². The third-order valence-electron chi connectivity index (χ3n) is 5.41. The molecule has 27 heavy (non-hydrogen) atoms. The van der Waals surface area contributed by atoms with E-state index in [1.807, 2.05) is 24.0 Å². The Morgan fingerprint density at radius 2 is 1.93 bits per heavy atom. The van der Waals surface area contributed by atoms with Crippen LogP contribution in [0.2, 0.25) is 0 Å². The molecule has 1 fully saturated rings. The molecule has 0 aliphatic carbocycles. The lowest BCUT2D eigenvalue weighted by atomic mass is 10.3. The number of urea groups is 1. The van der Waals surface area contributed by atoms with Crippen molar-refractivity contribution in [2.45, 2.75) is 32.7 Å². The predicted octanol–water partition coefficient (Wildman–Crippen LogP) is 3.51. The molecule has 1 aliphatic heterocycles. The Morgan fingerprint density at radius 3 is 2.78 bits per heavy atom.